The standard InChI is InChI=1S/C20H17F4N3O2/c1-29-15-9-14(10-15)25-19-26-18(28)17(11-3-2-4-13(21)7-11)16-8-12(20(22,23)24)5-6-27(16)19/h2-8,14-15H,9-10H2,1H3,(H,25,26,28). The maximum absolute atomic E-state index is 13.7. The highest BCUT2D eigenvalue weighted by molar-refractivity contribution is 5.81. The Morgan fingerprint density at radius 2 is 1.97 bits per heavy atom. The van der Waals surface area contributed by atoms with E-state index in [-0.39, 0.29) is 34.7 Å². The highest BCUT2D eigenvalue weighted by Crippen LogP contribution is 2.33. The summed E-state index contributed by atoms with van der Waals surface area (Å²) in [7, 11) is 1.60. The molecule has 4 rings (SSSR count). The normalized spacial score (nSPS) is 19.2. The molecule has 2 heterocycles. The largest absolute Gasteiger partial charge is 0.416 e. The van der Waals surface area contributed by atoms with Crippen molar-refractivity contribution in [1.29, 1.82) is 0 Å². The van der Waals surface area contributed by atoms with Crippen molar-refractivity contribution >= 4 is 11.5 Å². The zero-order chi connectivity index (χ0) is 20.8. The van der Waals surface area contributed by atoms with E-state index in [4.69, 9.17) is 4.74 Å². The first-order valence-corrected chi connectivity index (χ1v) is 8.95. The first-order chi connectivity index (χ1) is 13.8. The molecular formula is C20H17F4N3O2. The second kappa shape index (κ2) is 7.14. The van der Waals surface area contributed by atoms with Crippen LogP contribution in [0, 0.1) is 5.82 Å². The van der Waals surface area contributed by atoms with Crippen molar-refractivity contribution < 1.29 is 22.3 Å². The Labute approximate surface area is 163 Å². The van der Waals surface area contributed by atoms with Gasteiger partial charge in [0.25, 0.3) is 5.56 Å². The van der Waals surface area contributed by atoms with Crippen LogP contribution in [0.15, 0.2) is 47.4 Å². The topological polar surface area (TPSA) is 55.6 Å². The lowest BCUT2D eigenvalue weighted by atomic mass is 9.89. The quantitative estimate of drug-likeness (QED) is 0.662. The molecule has 0 radical (unpaired) electrons. The zero-order valence-electron chi connectivity index (χ0n) is 15.3. The summed E-state index contributed by atoms with van der Waals surface area (Å²) in [5, 5.41) is 3.09. The number of nitrogens with zero attached hydrogens (tertiary/aromatic N) is 2. The minimum Gasteiger partial charge on any atom is -0.381 e. The van der Waals surface area contributed by atoms with Crippen LogP contribution in [0.2, 0.25) is 0 Å². The Bertz CT molecular complexity index is 1120. The number of anilines is 1. The molecule has 0 saturated heterocycles. The summed E-state index contributed by atoms with van der Waals surface area (Å²) in [5.41, 5.74) is -1.58. The van der Waals surface area contributed by atoms with Crippen LogP contribution in [0.1, 0.15) is 18.4 Å². The van der Waals surface area contributed by atoms with Crippen LogP contribution < -0.4 is 10.9 Å². The summed E-state index contributed by atoms with van der Waals surface area (Å²) >= 11 is 0. The summed E-state index contributed by atoms with van der Waals surface area (Å²) in [4.78, 5) is 16.8. The van der Waals surface area contributed by atoms with Crippen LogP contribution in [0.3, 0.4) is 0 Å². The predicted molar refractivity (Wildman–Crippen MR) is 99.3 cm³/mol. The van der Waals surface area contributed by atoms with Gasteiger partial charge in [-0.05, 0) is 42.7 Å². The summed E-state index contributed by atoms with van der Waals surface area (Å²) in [6.07, 6.45) is -1.89. The molecule has 0 aliphatic heterocycles. The third-order valence-corrected chi connectivity index (χ3v) is 5.06. The molecular weight excluding hydrogens is 390 g/mol. The van der Waals surface area contributed by atoms with E-state index in [1.165, 1.54) is 28.8 Å². The lowest BCUT2D eigenvalue weighted by Gasteiger charge is -2.35. The molecule has 9 heteroatoms. The van der Waals surface area contributed by atoms with Gasteiger partial charge >= 0.3 is 6.18 Å². The Morgan fingerprint density at radius 3 is 2.62 bits per heavy atom. The van der Waals surface area contributed by atoms with Crippen molar-refractivity contribution in [2.24, 2.45) is 0 Å². The predicted octanol–water partition coefficient (Wildman–Crippen LogP) is 4.11. The number of rotatable bonds is 4. The summed E-state index contributed by atoms with van der Waals surface area (Å²) < 4.78 is 60.1. The maximum Gasteiger partial charge on any atom is 0.416 e. The molecule has 3 aromatic rings. The molecule has 1 aliphatic rings. The van der Waals surface area contributed by atoms with Gasteiger partial charge in [-0.25, -0.2) is 4.39 Å². The van der Waals surface area contributed by atoms with Crippen LogP contribution in [-0.4, -0.2) is 28.6 Å². The van der Waals surface area contributed by atoms with E-state index in [1.807, 2.05) is 0 Å². The SMILES string of the molecule is COC1CC(Nc2nc(=O)c(-c3cccc(F)c3)c3cc(C(F)(F)F)ccn23)C1. The number of fused-ring (bicyclic) bond motifs is 1. The second-order valence-corrected chi connectivity index (χ2v) is 6.96. The molecule has 2 aromatic heterocycles. The lowest BCUT2D eigenvalue weighted by Crippen LogP contribution is -2.41. The number of methoxy groups -OCH3 is 1. The molecule has 1 aliphatic carbocycles. The van der Waals surface area contributed by atoms with E-state index < -0.39 is 23.1 Å². The molecule has 1 aromatic carbocycles. The third-order valence-electron chi connectivity index (χ3n) is 5.06. The number of alkyl halides is 3. The molecule has 0 unspecified atom stereocenters. The van der Waals surface area contributed by atoms with Crippen molar-refractivity contribution in [2.45, 2.75) is 31.2 Å². The molecule has 0 bridgehead atoms. The zero-order valence-corrected chi connectivity index (χ0v) is 15.3. The van der Waals surface area contributed by atoms with Gasteiger partial charge in [-0.2, -0.15) is 18.2 Å². The van der Waals surface area contributed by atoms with Gasteiger partial charge in [-0.3, -0.25) is 9.20 Å². The van der Waals surface area contributed by atoms with E-state index in [0.717, 1.165) is 18.2 Å². The van der Waals surface area contributed by atoms with Crippen LogP contribution >= 0.6 is 0 Å². The van der Waals surface area contributed by atoms with E-state index in [1.54, 1.807) is 7.11 Å². The van der Waals surface area contributed by atoms with Crippen LogP contribution in [0.5, 0.6) is 0 Å². The minimum absolute atomic E-state index is 0.00413. The summed E-state index contributed by atoms with van der Waals surface area (Å²) in [6.45, 7) is 0. The van der Waals surface area contributed by atoms with Crippen molar-refractivity contribution in [3.63, 3.8) is 0 Å². The van der Waals surface area contributed by atoms with Crippen LogP contribution in [0.25, 0.3) is 16.6 Å². The van der Waals surface area contributed by atoms with Gasteiger partial charge in [0, 0.05) is 19.3 Å². The first kappa shape index (κ1) is 19.4. The van der Waals surface area contributed by atoms with Crippen molar-refractivity contribution in [3.05, 3.63) is 64.3 Å². The molecule has 152 valence electrons. The van der Waals surface area contributed by atoms with Crippen molar-refractivity contribution in [3.8, 4) is 11.1 Å². The lowest BCUT2D eigenvalue weighted by molar-refractivity contribution is -0.137. The molecule has 1 N–H and O–H groups in total. The average Bonchev–Trinajstić information content (AvgIpc) is 2.63. The van der Waals surface area contributed by atoms with Crippen molar-refractivity contribution in [2.75, 3.05) is 12.4 Å². The van der Waals surface area contributed by atoms with Gasteiger partial charge in [0.1, 0.15) is 5.82 Å². The highest BCUT2D eigenvalue weighted by atomic mass is 19.4. The fraction of sp³-hybridized carbons (Fsp3) is 0.300. The van der Waals surface area contributed by atoms with E-state index >= 15 is 0 Å². The number of aromatic nitrogens is 2. The van der Waals surface area contributed by atoms with Gasteiger partial charge < -0.3 is 10.1 Å². The second-order valence-electron chi connectivity index (χ2n) is 6.96. The fourth-order valence-electron chi connectivity index (χ4n) is 3.44. The fourth-order valence-corrected chi connectivity index (χ4v) is 3.44. The number of pyridine rings is 1. The van der Waals surface area contributed by atoms with Gasteiger partial charge in [0.15, 0.2) is 0 Å². The first-order valence-electron chi connectivity index (χ1n) is 8.95. The molecule has 0 spiro atoms. The van der Waals surface area contributed by atoms with E-state index in [2.05, 4.69) is 10.3 Å². The molecule has 29 heavy (non-hydrogen) atoms. The van der Waals surface area contributed by atoms with Gasteiger partial charge in [-0.1, -0.05) is 12.1 Å². The number of hydrogen-bond donors (Lipinski definition) is 1. The monoisotopic (exact) mass is 407 g/mol. The molecule has 0 amide bonds. The number of nitrogens with one attached hydrogen (secondary N) is 1. The Kier molecular flexibility index (Phi) is 4.77. The molecule has 1 fully saturated rings. The Morgan fingerprint density at radius 1 is 1.21 bits per heavy atom. The van der Waals surface area contributed by atoms with E-state index in [9.17, 15) is 22.4 Å². The number of hydrogen-bond acceptors (Lipinski definition) is 4. The maximum atomic E-state index is 13.7. The molecule has 1 saturated carbocycles. The third kappa shape index (κ3) is 3.69. The Balaban J connectivity index is 1.89. The van der Waals surface area contributed by atoms with Gasteiger partial charge in [0.05, 0.1) is 22.7 Å². The minimum atomic E-state index is -4.59. The van der Waals surface area contributed by atoms with Gasteiger partial charge in [-0.15, -0.1) is 0 Å². The highest BCUT2D eigenvalue weighted by Gasteiger charge is 2.32. The molecule has 0 atom stereocenters. The van der Waals surface area contributed by atoms with E-state index in [0.29, 0.717) is 12.8 Å². The van der Waals surface area contributed by atoms with Crippen LogP contribution in [-0.2, 0) is 10.9 Å². The number of halogens is 4. The Hall–Kier alpha value is -2.94. The van der Waals surface area contributed by atoms with Crippen molar-refractivity contribution in [1.82, 2.24) is 9.38 Å². The number of ether oxygens (including phenoxy) is 1. The number of benzene rings is 1. The van der Waals surface area contributed by atoms with Gasteiger partial charge in [0.2, 0.25) is 5.95 Å². The smallest absolute Gasteiger partial charge is 0.381 e. The average molecular weight is 407 g/mol. The summed E-state index contributed by atoms with van der Waals surface area (Å²) in [5.74, 6) is -0.465. The summed E-state index contributed by atoms with van der Waals surface area (Å²) in [6, 6.07) is 6.93. The molecule has 5 nitrogen and oxygen atoms in total. The van der Waals surface area contributed by atoms with Crippen LogP contribution in [0.4, 0.5) is 23.5 Å².